The molecule has 0 aliphatic carbocycles. The summed E-state index contributed by atoms with van der Waals surface area (Å²) in [6.07, 6.45) is 8.46. The fraction of sp³-hybridized carbons (Fsp3) is 0.532. The Morgan fingerprint density at radius 1 is 0.941 bits per heavy atom. The summed E-state index contributed by atoms with van der Waals surface area (Å²) in [7, 11) is 0. The number of nitrogen functional groups attached to an aromatic ring is 1. The van der Waals surface area contributed by atoms with E-state index in [0.717, 1.165) is 50.3 Å². The zero-order valence-electron chi connectivity index (χ0n) is 38.3. The van der Waals surface area contributed by atoms with Crippen LogP contribution in [0.25, 0.3) is 10.8 Å². The first kappa shape index (κ1) is 50.7. The fourth-order valence-corrected chi connectivity index (χ4v) is 9.65. The van der Waals surface area contributed by atoms with E-state index in [1.54, 1.807) is 24.5 Å². The Labute approximate surface area is 403 Å². The van der Waals surface area contributed by atoms with Gasteiger partial charge in [0, 0.05) is 55.8 Å². The minimum Gasteiger partial charge on any atom is -0.381 e. The molecule has 19 nitrogen and oxygen atoms in total. The number of nitrogens with two attached hydrogens (primary N) is 1. The molecule has 3 fully saturated rings. The monoisotopic (exact) mass is 977 g/mol. The number of benzene rings is 2. The number of anilines is 3. The normalized spacial score (nSPS) is 18.0. The average molecular weight is 979 g/mol. The Hall–Kier alpha value is -5.22. The van der Waals surface area contributed by atoms with Gasteiger partial charge in [-0.3, -0.25) is 29.3 Å². The lowest BCUT2D eigenvalue weighted by Crippen LogP contribution is -2.45. The van der Waals surface area contributed by atoms with Crippen molar-refractivity contribution in [2.24, 2.45) is 5.41 Å². The quantitative estimate of drug-likeness (QED) is 0.0559. The van der Waals surface area contributed by atoms with E-state index in [-0.39, 0.29) is 54.4 Å². The number of rotatable bonds is 24. The van der Waals surface area contributed by atoms with Crippen molar-refractivity contribution in [1.29, 1.82) is 0 Å². The molecule has 5 N–H and O–H groups in total. The van der Waals surface area contributed by atoms with Gasteiger partial charge in [-0.15, -0.1) is 0 Å². The molecule has 366 valence electrons. The van der Waals surface area contributed by atoms with E-state index in [4.69, 9.17) is 41.0 Å². The second-order valence-corrected chi connectivity index (χ2v) is 18.6. The van der Waals surface area contributed by atoms with Crippen LogP contribution in [0.2, 0.25) is 5.02 Å². The highest BCUT2D eigenvalue weighted by Crippen LogP contribution is 2.43. The van der Waals surface area contributed by atoms with Gasteiger partial charge in [-0.25, -0.2) is 14.6 Å². The number of fused-ring (bicyclic) bond motifs is 1. The standard InChI is InChI=1S/C47H60ClN9O10S/c1-31-27-47(30-67-31)14-17-56(18-15-47)37-29-51-45(43(49)54-37)68-36-9-3-8-34(42(36)48)53-39(59)13-12-38(58)50-16-20-64-22-24-66-26-25-65-23-21-63-19-4-7-32-5-2-6-33-28-52-57(46(62)41(32)33)35-10-11-40(60)55-44(35)61/h2-3,5-6,8-9,28-29,31,35H,4,7,10-27,30H2,1H3,(H2,49,54)(H,50,58)(H,53,59)(H,55,60,61)/t31-,35?/m0/s1. The minimum absolute atomic E-state index is 0.00236. The van der Waals surface area contributed by atoms with Crippen LogP contribution in [0.4, 0.5) is 17.3 Å². The third-order valence-electron chi connectivity index (χ3n) is 12.2. The summed E-state index contributed by atoms with van der Waals surface area (Å²) in [4.78, 5) is 74.6. The maximum Gasteiger partial charge on any atom is 0.275 e. The number of carbonyl (C=O) groups excluding carboxylic acids is 4. The molecule has 2 atom stereocenters. The molecule has 1 unspecified atom stereocenters. The van der Waals surface area contributed by atoms with Crippen LogP contribution in [-0.2, 0) is 49.3 Å². The molecule has 0 bridgehead atoms. The highest BCUT2D eigenvalue weighted by molar-refractivity contribution is 7.99. The van der Waals surface area contributed by atoms with Crippen molar-refractivity contribution < 1.29 is 42.9 Å². The van der Waals surface area contributed by atoms with Gasteiger partial charge in [0.15, 0.2) is 5.82 Å². The second-order valence-electron chi connectivity index (χ2n) is 17.1. The topological polar surface area (TPSA) is 240 Å². The number of aryl methyl sites for hydroxylation is 1. The molecule has 68 heavy (non-hydrogen) atoms. The van der Waals surface area contributed by atoms with Crippen LogP contribution in [0.5, 0.6) is 0 Å². The highest BCUT2D eigenvalue weighted by atomic mass is 35.5. The predicted octanol–water partition coefficient (Wildman–Crippen LogP) is 4.48. The maximum absolute atomic E-state index is 13.4. The number of carbonyl (C=O) groups is 4. The number of nitrogens with zero attached hydrogens (tertiary/aromatic N) is 5. The Kier molecular flexibility index (Phi) is 18.5. The van der Waals surface area contributed by atoms with E-state index in [1.807, 2.05) is 24.3 Å². The summed E-state index contributed by atoms with van der Waals surface area (Å²) >= 11 is 7.96. The largest absolute Gasteiger partial charge is 0.381 e. The number of ether oxygens (including phenoxy) is 5. The lowest BCUT2D eigenvalue weighted by Gasteiger charge is -2.38. The summed E-state index contributed by atoms with van der Waals surface area (Å²) in [6, 6.07) is 10.0. The molecule has 1 spiro atoms. The van der Waals surface area contributed by atoms with Crippen LogP contribution >= 0.6 is 23.4 Å². The van der Waals surface area contributed by atoms with Crippen molar-refractivity contribution in [3.8, 4) is 0 Å². The fourth-order valence-electron chi connectivity index (χ4n) is 8.55. The molecule has 2 aromatic heterocycles. The minimum atomic E-state index is -0.818. The van der Waals surface area contributed by atoms with Crippen LogP contribution in [0, 0.1) is 5.41 Å². The Balaban J connectivity index is 0.685. The predicted molar refractivity (Wildman–Crippen MR) is 256 cm³/mol. The van der Waals surface area contributed by atoms with Crippen molar-refractivity contribution in [1.82, 2.24) is 30.4 Å². The number of aromatic nitrogens is 4. The Morgan fingerprint density at radius 3 is 2.35 bits per heavy atom. The lowest BCUT2D eigenvalue weighted by atomic mass is 9.77. The van der Waals surface area contributed by atoms with Gasteiger partial charge in [0.1, 0.15) is 16.9 Å². The van der Waals surface area contributed by atoms with Gasteiger partial charge in [0.2, 0.25) is 17.7 Å². The van der Waals surface area contributed by atoms with Crippen LogP contribution in [0.15, 0.2) is 63.5 Å². The number of nitrogens with one attached hydrogen (secondary N) is 3. The molecular formula is C47H60ClN9O10S. The first-order valence-corrected chi connectivity index (χ1v) is 24.3. The van der Waals surface area contributed by atoms with Crippen molar-refractivity contribution in [3.63, 3.8) is 0 Å². The molecule has 2 aromatic carbocycles. The van der Waals surface area contributed by atoms with Gasteiger partial charge in [0.25, 0.3) is 11.5 Å². The van der Waals surface area contributed by atoms with E-state index in [2.05, 4.69) is 42.8 Å². The lowest BCUT2D eigenvalue weighted by molar-refractivity contribution is -0.136. The summed E-state index contributed by atoms with van der Waals surface area (Å²) in [6.45, 7) is 8.06. The number of hydrogen-bond donors (Lipinski definition) is 4. The highest BCUT2D eigenvalue weighted by Gasteiger charge is 2.41. The summed E-state index contributed by atoms with van der Waals surface area (Å²) in [5.74, 6) is -0.442. The summed E-state index contributed by atoms with van der Waals surface area (Å²) in [5, 5.41) is 14.1. The van der Waals surface area contributed by atoms with Gasteiger partial charge in [-0.1, -0.05) is 47.6 Å². The SMILES string of the molecule is C[C@H]1CC2(CCN(c3cnc(Sc4cccc(NC(=O)CCC(=O)NCCOCCOCCOCCOCCCc5cccc6cnn(C7CCC(=O)NC7=O)c(=O)c56)c4Cl)c(N)n3)CC2)CO1. The van der Waals surface area contributed by atoms with Crippen molar-refractivity contribution in [2.75, 3.05) is 95.0 Å². The zero-order chi connectivity index (χ0) is 47.9. The number of halogens is 1. The average Bonchev–Trinajstić information content (AvgIpc) is 3.69. The van der Waals surface area contributed by atoms with E-state index in [9.17, 15) is 24.0 Å². The van der Waals surface area contributed by atoms with Gasteiger partial charge in [0.05, 0.1) is 87.4 Å². The number of hydrogen-bond acceptors (Lipinski definition) is 16. The molecule has 0 radical (unpaired) electrons. The Bertz CT molecular complexity index is 2450. The number of amides is 4. The number of piperidine rings is 2. The van der Waals surface area contributed by atoms with Crippen LogP contribution < -0.4 is 32.1 Å². The molecule has 5 heterocycles. The smallest absolute Gasteiger partial charge is 0.275 e. The van der Waals surface area contributed by atoms with Gasteiger partial charge < -0.3 is 45.0 Å². The van der Waals surface area contributed by atoms with Crippen LogP contribution in [-0.4, -0.2) is 129 Å². The van der Waals surface area contributed by atoms with E-state index < -0.39 is 11.9 Å². The van der Waals surface area contributed by atoms with Gasteiger partial charge >= 0.3 is 0 Å². The zero-order valence-corrected chi connectivity index (χ0v) is 39.9. The van der Waals surface area contributed by atoms with Crippen molar-refractivity contribution >= 4 is 75.1 Å². The first-order valence-electron chi connectivity index (χ1n) is 23.1. The van der Waals surface area contributed by atoms with E-state index in [1.165, 1.54) is 16.4 Å². The van der Waals surface area contributed by atoms with Crippen molar-refractivity contribution in [3.05, 3.63) is 69.7 Å². The summed E-state index contributed by atoms with van der Waals surface area (Å²) < 4.78 is 29.4. The van der Waals surface area contributed by atoms with E-state index >= 15 is 0 Å². The molecule has 3 saturated heterocycles. The van der Waals surface area contributed by atoms with Crippen molar-refractivity contribution in [2.45, 2.75) is 86.8 Å². The molecular weight excluding hydrogens is 918 g/mol. The molecule has 3 aliphatic heterocycles. The third kappa shape index (κ3) is 14.0. The third-order valence-corrected chi connectivity index (χ3v) is 13.8. The molecule has 0 saturated carbocycles. The molecule has 7 rings (SSSR count). The van der Waals surface area contributed by atoms with E-state index in [0.29, 0.717) is 116 Å². The van der Waals surface area contributed by atoms with Gasteiger partial charge in [-0.05, 0) is 68.6 Å². The molecule has 21 heteroatoms. The Morgan fingerprint density at radius 2 is 1.65 bits per heavy atom. The van der Waals surface area contributed by atoms with Crippen LogP contribution in [0.3, 0.4) is 0 Å². The second kappa shape index (κ2) is 24.9. The summed E-state index contributed by atoms with van der Waals surface area (Å²) in [5.41, 5.74) is 7.53. The van der Waals surface area contributed by atoms with Crippen LogP contribution in [0.1, 0.15) is 69.9 Å². The molecule has 4 amide bonds. The number of imide groups is 1. The van der Waals surface area contributed by atoms with Gasteiger partial charge in [-0.2, -0.15) is 5.10 Å². The molecule has 4 aromatic rings. The molecule has 3 aliphatic rings. The first-order chi connectivity index (χ1) is 33.0. The maximum atomic E-state index is 13.4.